The monoisotopic (exact) mass is 392 g/mol. The fraction of sp³-hybridized carbons (Fsp3) is 0.304. The van der Waals surface area contributed by atoms with E-state index in [0.29, 0.717) is 11.3 Å². The van der Waals surface area contributed by atoms with Gasteiger partial charge in [0.05, 0.1) is 12.6 Å². The molecule has 3 aromatic rings. The maximum absolute atomic E-state index is 12.8. The molecule has 4 rings (SSSR count). The van der Waals surface area contributed by atoms with Gasteiger partial charge in [-0.25, -0.2) is 4.79 Å². The van der Waals surface area contributed by atoms with Crippen molar-refractivity contribution in [1.82, 2.24) is 9.30 Å². The number of carboxylic acid groups (broad SMARTS) is 1. The van der Waals surface area contributed by atoms with E-state index < -0.39 is 11.5 Å². The average molecular weight is 392 g/mol. The quantitative estimate of drug-likeness (QED) is 0.694. The van der Waals surface area contributed by atoms with Crippen LogP contribution < -0.4 is 10.3 Å². The zero-order valence-corrected chi connectivity index (χ0v) is 16.8. The van der Waals surface area contributed by atoms with Gasteiger partial charge in [-0.3, -0.25) is 9.20 Å². The lowest BCUT2D eigenvalue weighted by Crippen LogP contribution is -2.23. The molecule has 1 N–H and O–H groups in total. The van der Waals surface area contributed by atoms with Crippen LogP contribution in [-0.2, 0) is 6.54 Å². The van der Waals surface area contributed by atoms with Gasteiger partial charge >= 0.3 is 5.97 Å². The van der Waals surface area contributed by atoms with Gasteiger partial charge in [0.1, 0.15) is 5.56 Å². The predicted molar refractivity (Wildman–Crippen MR) is 112 cm³/mol. The van der Waals surface area contributed by atoms with E-state index in [1.165, 1.54) is 10.5 Å². The van der Waals surface area contributed by atoms with Crippen molar-refractivity contribution in [3.63, 3.8) is 0 Å². The van der Waals surface area contributed by atoms with E-state index >= 15 is 0 Å². The highest BCUT2D eigenvalue weighted by Gasteiger charge is 2.30. The Morgan fingerprint density at radius 3 is 2.55 bits per heavy atom. The molecule has 1 aromatic carbocycles. The first-order chi connectivity index (χ1) is 13.9. The first-order valence-corrected chi connectivity index (χ1v) is 9.65. The summed E-state index contributed by atoms with van der Waals surface area (Å²) in [5, 5.41) is 9.48. The SMILES string of the molecule is COc1c(-c2ccccc2CN(C)C)ccn2c(=O)c(C(=O)O)cc(C3CC3)c12. The van der Waals surface area contributed by atoms with Crippen LogP contribution in [0.1, 0.15) is 40.2 Å². The highest BCUT2D eigenvalue weighted by atomic mass is 16.5. The molecule has 150 valence electrons. The Kier molecular flexibility index (Phi) is 4.88. The number of rotatable bonds is 6. The second kappa shape index (κ2) is 7.37. The van der Waals surface area contributed by atoms with Crippen molar-refractivity contribution in [3.8, 4) is 16.9 Å². The van der Waals surface area contributed by atoms with Gasteiger partial charge in [0.25, 0.3) is 5.56 Å². The maximum Gasteiger partial charge on any atom is 0.341 e. The number of ether oxygens (including phenoxy) is 1. The van der Waals surface area contributed by atoms with Gasteiger partial charge in [0.15, 0.2) is 5.75 Å². The molecule has 6 nitrogen and oxygen atoms in total. The fourth-order valence-electron chi connectivity index (χ4n) is 3.93. The molecule has 0 bridgehead atoms. The molecule has 2 aromatic heterocycles. The van der Waals surface area contributed by atoms with Gasteiger partial charge in [-0.2, -0.15) is 0 Å². The van der Waals surface area contributed by atoms with Crippen molar-refractivity contribution < 1.29 is 14.6 Å². The Labute approximate surface area is 169 Å². The number of pyridine rings is 2. The molecule has 1 aliphatic carbocycles. The molecule has 0 aliphatic heterocycles. The molecule has 29 heavy (non-hydrogen) atoms. The van der Waals surface area contributed by atoms with Crippen LogP contribution in [0, 0.1) is 0 Å². The molecule has 1 fully saturated rings. The molecule has 0 amide bonds. The molecule has 1 aliphatic rings. The van der Waals surface area contributed by atoms with Gasteiger partial charge in [-0.15, -0.1) is 0 Å². The number of methoxy groups -OCH3 is 1. The minimum atomic E-state index is -1.20. The van der Waals surface area contributed by atoms with Gasteiger partial charge in [0.2, 0.25) is 0 Å². The van der Waals surface area contributed by atoms with Gasteiger partial charge < -0.3 is 14.7 Å². The zero-order valence-electron chi connectivity index (χ0n) is 16.8. The second-order valence-corrected chi connectivity index (χ2v) is 7.77. The average Bonchev–Trinajstić information content (AvgIpc) is 3.52. The summed E-state index contributed by atoms with van der Waals surface area (Å²) in [6.07, 6.45) is 3.63. The molecule has 2 heterocycles. The number of aromatic nitrogens is 1. The third-order valence-corrected chi connectivity index (χ3v) is 5.36. The minimum Gasteiger partial charge on any atom is -0.494 e. The first kappa shape index (κ1) is 19.2. The summed E-state index contributed by atoms with van der Waals surface area (Å²) in [5.41, 5.74) is 3.88. The maximum atomic E-state index is 12.8. The third kappa shape index (κ3) is 3.40. The van der Waals surface area contributed by atoms with Gasteiger partial charge in [-0.1, -0.05) is 24.3 Å². The molecule has 0 radical (unpaired) electrons. The Morgan fingerprint density at radius 2 is 1.93 bits per heavy atom. The molecule has 6 heteroatoms. The summed E-state index contributed by atoms with van der Waals surface area (Å²) >= 11 is 0. The zero-order chi connectivity index (χ0) is 20.7. The van der Waals surface area contributed by atoms with Crippen LogP contribution in [-0.4, -0.2) is 41.6 Å². The van der Waals surface area contributed by atoms with Crippen molar-refractivity contribution in [1.29, 1.82) is 0 Å². The normalized spacial score (nSPS) is 13.8. The number of carboxylic acids is 1. The lowest BCUT2D eigenvalue weighted by molar-refractivity contribution is 0.0694. The number of benzene rings is 1. The van der Waals surface area contributed by atoms with E-state index in [4.69, 9.17) is 4.74 Å². The van der Waals surface area contributed by atoms with Crippen molar-refractivity contribution in [2.75, 3.05) is 21.2 Å². The number of fused-ring (bicyclic) bond motifs is 1. The summed E-state index contributed by atoms with van der Waals surface area (Å²) in [5.74, 6) is -0.342. The summed E-state index contributed by atoms with van der Waals surface area (Å²) in [4.78, 5) is 26.5. The molecular formula is C23H24N2O4. The standard InChI is InChI=1S/C23H24N2O4/c1-24(2)13-15-6-4-5-7-16(15)17-10-11-25-20(21(17)29-3)18(14-8-9-14)12-19(22(25)26)23(27)28/h4-7,10-12,14H,8-9,13H2,1-3H3,(H,27,28). The van der Waals surface area contributed by atoms with E-state index in [9.17, 15) is 14.7 Å². The number of hydrogen-bond acceptors (Lipinski definition) is 4. The summed E-state index contributed by atoms with van der Waals surface area (Å²) in [6, 6.07) is 11.5. The highest BCUT2D eigenvalue weighted by molar-refractivity contribution is 5.90. The van der Waals surface area contributed by atoms with E-state index in [-0.39, 0.29) is 11.5 Å². The predicted octanol–water partition coefficient (Wildman–Crippen LogP) is 3.61. The van der Waals surface area contributed by atoms with E-state index in [2.05, 4.69) is 11.0 Å². The van der Waals surface area contributed by atoms with Crippen LogP contribution in [0.25, 0.3) is 16.6 Å². The molecule has 1 saturated carbocycles. The lowest BCUT2D eigenvalue weighted by atomic mass is 9.96. The molecule has 0 saturated heterocycles. The minimum absolute atomic E-state index is 0.202. The van der Waals surface area contributed by atoms with Crippen LogP contribution in [0.15, 0.2) is 47.4 Å². The van der Waals surface area contributed by atoms with Crippen molar-refractivity contribution in [2.24, 2.45) is 0 Å². The van der Waals surface area contributed by atoms with Crippen LogP contribution >= 0.6 is 0 Å². The number of carbonyl (C=O) groups is 1. The smallest absolute Gasteiger partial charge is 0.341 e. The Hall–Kier alpha value is -3.12. The fourth-order valence-corrected chi connectivity index (χ4v) is 3.93. The summed E-state index contributed by atoms with van der Waals surface area (Å²) in [6.45, 7) is 0.769. The lowest BCUT2D eigenvalue weighted by Gasteiger charge is -2.19. The van der Waals surface area contributed by atoms with Crippen molar-refractivity contribution in [2.45, 2.75) is 25.3 Å². The second-order valence-electron chi connectivity index (χ2n) is 7.77. The van der Waals surface area contributed by atoms with E-state index in [0.717, 1.165) is 41.6 Å². The van der Waals surface area contributed by atoms with Crippen molar-refractivity contribution >= 4 is 11.5 Å². The Morgan fingerprint density at radius 1 is 1.21 bits per heavy atom. The summed E-state index contributed by atoms with van der Waals surface area (Å²) < 4.78 is 7.25. The largest absolute Gasteiger partial charge is 0.494 e. The van der Waals surface area contributed by atoms with Crippen molar-refractivity contribution in [3.05, 3.63) is 69.6 Å². The van der Waals surface area contributed by atoms with Crippen LogP contribution in [0.2, 0.25) is 0 Å². The van der Waals surface area contributed by atoms with Crippen LogP contribution in [0.4, 0.5) is 0 Å². The molecule has 0 atom stereocenters. The van der Waals surface area contributed by atoms with Crippen LogP contribution in [0.5, 0.6) is 5.75 Å². The number of nitrogens with zero attached hydrogens (tertiary/aromatic N) is 2. The van der Waals surface area contributed by atoms with Gasteiger partial charge in [0, 0.05) is 18.3 Å². The Balaban J connectivity index is 2.05. The highest BCUT2D eigenvalue weighted by Crippen LogP contribution is 2.46. The van der Waals surface area contributed by atoms with Crippen LogP contribution in [0.3, 0.4) is 0 Å². The third-order valence-electron chi connectivity index (χ3n) is 5.36. The topological polar surface area (TPSA) is 71.2 Å². The number of hydrogen-bond donors (Lipinski definition) is 1. The molecule has 0 spiro atoms. The number of aromatic carboxylic acids is 1. The van der Waals surface area contributed by atoms with E-state index in [1.54, 1.807) is 13.3 Å². The molecular weight excluding hydrogens is 368 g/mol. The first-order valence-electron chi connectivity index (χ1n) is 9.65. The summed E-state index contributed by atoms with van der Waals surface area (Å²) in [7, 11) is 5.64. The van der Waals surface area contributed by atoms with E-state index in [1.807, 2.05) is 38.4 Å². The van der Waals surface area contributed by atoms with Gasteiger partial charge in [-0.05, 0) is 61.7 Å². The Bertz CT molecular complexity index is 1160. The molecule has 0 unspecified atom stereocenters.